The number of para-hydroxylation sites is 1. The molecule has 0 aliphatic rings. The molecule has 2 N–H and O–H groups in total. The fourth-order valence-electron chi connectivity index (χ4n) is 2.20. The fourth-order valence-corrected chi connectivity index (χ4v) is 2.40. The number of nitrogen functional groups attached to an aromatic ring is 1. The second-order valence-corrected chi connectivity index (χ2v) is 5.08. The summed E-state index contributed by atoms with van der Waals surface area (Å²) in [7, 11) is 0. The third-order valence-corrected chi connectivity index (χ3v) is 3.54. The van der Waals surface area contributed by atoms with E-state index in [-0.39, 0.29) is 0 Å². The van der Waals surface area contributed by atoms with Gasteiger partial charge < -0.3 is 10.6 Å². The molecule has 0 aliphatic carbocycles. The van der Waals surface area contributed by atoms with Gasteiger partial charge in [0.05, 0.1) is 0 Å². The van der Waals surface area contributed by atoms with E-state index in [4.69, 9.17) is 17.3 Å². The van der Waals surface area contributed by atoms with Crippen LogP contribution in [0.1, 0.15) is 18.1 Å². The first kappa shape index (κ1) is 13.8. The zero-order valence-electron chi connectivity index (χ0n) is 11.4. The van der Waals surface area contributed by atoms with Crippen molar-refractivity contribution in [3.05, 3.63) is 58.6 Å². The molecule has 0 saturated heterocycles. The van der Waals surface area contributed by atoms with Crippen molar-refractivity contribution in [1.82, 2.24) is 0 Å². The van der Waals surface area contributed by atoms with Gasteiger partial charge in [-0.05, 0) is 49.2 Å². The van der Waals surface area contributed by atoms with E-state index in [1.54, 1.807) is 0 Å². The minimum atomic E-state index is 0.727. The zero-order chi connectivity index (χ0) is 13.8. The maximum Gasteiger partial charge on any atom is 0.0450 e. The first-order chi connectivity index (χ1) is 9.11. The van der Waals surface area contributed by atoms with Crippen LogP contribution in [0.3, 0.4) is 0 Å². The lowest BCUT2D eigenvalue weighted by molar-refractivity contribution is 0.829. The van der Waals surface area contributed by atoms with Crippen molar-refractivity contribution in [3.63, 3.8) is 0 Å². The molecule has 2 rings (SSSR count). The summed E-state index contributed by atoms with van der Waals surface area (Å²) in [5, 5.41) is 0.727. The quantitative estimate of drug-likeness (QED) is 0.844. The Morgan fingerprint density at radius 2 is 1.89 bits per heavy atom. The highest BCUT2D eigenvalue weighted by atomic mass is 35.5. The average molecular weight is 275 g/mol. The Hall–Kier alpha value is -1.67. The van der Waals surface area contributed by atoms with Gasteiger partial charge in [0, 0.05) is 29.5 Å². The first-order valence-electron chi connectivity index (χ1n) is 6.46. The Morgan fingerprint density at radius 1 is 1.16 bits per heavy atom. The van der Waals surface area contributed by atoms with E-state index in [1.807, 2.05) is 18.2 Å². The van der Waals surface area contributed by atoms with Crippen molar-refractivity contribution < 1.29 is 0 Å². The summed E-state index contributed by atoms with van der Waals surface area (Å²) in [4.78, 5) is 2.30. The molecule has 2 aromatic carbocycles. The minimum Gasteiger partial charge on any atom is -0.398 e. The number of halogens is 1. The third-order valence-electron chi connectivity index (χ3n) is 3.30. The molecule has 0 aromatic heterocycles. The van der Waals surface area contributed by atoms with Crippen molar-refractivity contribution in [1.29, 1.82) is 0 Å². The highest BCUT2D eigenvalue weighted by molar-refractivity contribution is 6.30. The molecule has 2 nitrogen and oxygen atoms in total. The number of anilines is 2. The van der Waals surface area contributed by atoms with Crippen LogP contribution in [0.5, 0.6) is 0 Å². The predicted octanol–water partition coefficient (Wildman–Crippen LogP) is 4.26. The van der Waals surface area contributed by atoms with Crippen molar-refractivity contribution in [2.45, 2.75) is 20.4 Å². The van der Waals surface area contributed by atoms with E-state index in [0.29, 0.717) is 0 Å². The van der Waals surface area contributed by atoms with E-state index in [2.05, 4.69) is 43.0 Å². The summed E-state index contributed by atoms with van der Waals surface area (Å²) in [5.74, 6) is 0. The molecule has 0 unspecified atom stereocenters. The van der Waals surface area contributed by atoms with Crippen molar-refractivity contribution in [3.8, 4) is 0 Å². The molecule has 3 heteroatoms. The van der Waals surface area contributed by atoms with Gasteiger partial charge in [-0.25, -0.2) is 0 Å². The van der Waals surface area contributed by atoms with Crippen molar-refractivity contribution in [2.24, 2.45) is 0 Å². The fraction of sp³-hybridized carbons (Fsp3) is 0.250. The summed E-state index contributed by atoms with van der Waals surface area (Å²) in [6, 6.07) is 14.0. The standard InChI is InChI=1S/C16H19ClN2/c1-3-19(16-7-5-4-6-12(16)2)11-13-10-14(17)8-9-15(13)18/h4-10H,3,11,18H2,1-2H3. The number of hydrogen-bond acceptors (Lipinski definition) is 2. The van der Waals surface area contributed by atoms with E-state index >= 15 is 0 Å². The highest BCUT2D eigenvalue weighted by Crippen LogP contribution is 2.25. The molecule has 0 radical (unpaired) electrons. The average Bonchev–Trinajstić information content (AvgIpc) is 2.41. The van der Waals surface area contributed by atoms with Crippen molar-refractivity contribution >= 4 is 23.0 Å². The summed E-state index contributed by atoms with van der Waals surface area (Å²) in [6.45, 7) is 5.97. The van der Waals surface area contributed by atoms with Crippen LogP contribution in [-0.4, -0.2) is 6.54 Å². The van der Waals surface area contributed by atoms with Crippen LogP contribution in [0.2, 0.25) is 5.02 Å². The van der Waals surface area contributed by atoms with Crippen LogP contribution < -0.4 is 10.6 Å². The summed E-state index contributed by atoms with van der Waals surface area (Å²) < 4.78 is 0. The second kappa shape index (κ2) is 5.98. The summed E-state index contributed by atoms with van der Waals surface area (Å²) in [6.07, 6.45) is 0. The largest absolute Gasteiger partial charge is 0.398 e. The predicted molar refractivity (Wildman–Crippen MR) is 83.8 cm³/mol. The molecule has 100 valence electrons. The number of nitrogens with two attached hydrogens (primary N) is 1. The van der Waals surface area contributed by atoms with Gasteiger partial charge in [0.15, 0.2) is 0 Å². The lowest BCUT2D eigenvalue weighted by atomic mass is 10.1. The van der Waals surface area contributed by atoms with Gasteiger partial charge in [-0.3, -0.25) is 0 Å². The van der Waals surface area contributed by atoms with Gasteiger partial charge >= 0.3 is 0 Å². The van der Waals surface area contributed by atoms with Gasteiger partial charge in [0.1, 0.15) is 0 Å². The number of aryl methyl sites for hydroxylation is 1. The topological polar surface area (TPSA) is 29.3 Å². The van der Waals surface area contributed by atoms with E-state index in [1.165, 1.54) is 11.3 Å². The maximum absolute atomic E-state index is 6.05. The highest BCUT2D eigenvalue weighted by Gasteiger charge is 2.09. The van der Waals surface area contributed by atoms with Crippen LogP contribution in [-0.2, 0) is 6.54 Å². The normalized spacial score (nSPS) is 10.5. The van der Waals surface area contributed by atoms with Crippen molar-refractivity contribution in [2.75, 3.05) is 17.2 Å². The van der Waals surface area contributed by atoms with Crippen LogP contribution >= 0.6 is 11.6 Å². The molecule has 0 bridgehead atoms. The van der Waals surface area contributed by atoms with E-state index in [9.17, 15) is 0 Å². The van der Waals surface area contributed by atoms with Gasteiger partial charge in [0.2, 0.25) is 0 Å². The van der Waals surface area contributed by atoms with Crippen LogP contribution in [0.4, 0.5) is 11.4 Å². The lowest BCUT2D eigenvalue weighted by Gasteiger charge is -2.25. The SMILES string of the molecule is CCN(Cc1cc(Cl)ccc1N)c1ccccc1C. The summed E-state index contributed by atoms with van der Waals surface area (Å²) in [5.41, 5.74) is 10.4. The molecule has 0 saturated carbocycles. The molecular formula is C16H19ClN2. The monoisotopic (exact) mass is 274 g/mol. The molecule has 0 aliphatic heterocycles. The molecular weight excluding hydrogens is 256 g/mol. The first-order valence-corrected chi connectivity index (χ1v) is 6.84. The Bertz CT molecular complexity index is 566. The third kappa shape index (κ3) is 3.21. The molecule has 2 aromatic rings. The Morgan fingerprint density at radius 3 is 2.58 bits per heavy atom. The van der Waals surface area contributed by atoms with Crippen LogP contribution in [0.15, 0.2) is 42.5 Å². The molecule has 0 fully saturated rings. The Balaban J connectivity index is 2.29. The number of benzene rings is 2. The van der Waals surface area contributed by atoms with Crippen LogP contribution in [0, 0.1) is 6.92 Å². The second-order valence-electron chi connectivity index (χ2n) is 4.64. The summed E-state index contributed by atoms with van der Waals surface area (Å²) >= 11 is 6.05. The van der Waals surface area contributed by atoms with E-state index in [0.717, 1.165) is 29.4 Å². The lowest BCUT2D eigenvalue weighted by Crippen LogP contribution is -2.23. The molecule has 19 heavy (non-hydrogen) atoms. The number of hydrogen-bond donors (Lipinski definition) is 1. The Labute approximate surface area is 119 Å². The van der Waals surface area contributed by atoms with Crippen LogP contribution in [0.25, 0.3) is 0 Å². The van der Waals surface area contributed by atoms with Gasteiger partial charge in [-0.15, -0.1) is 0 Å². The maximum atomic E-state index is 6.05. The van der Waals surface area contributed by atoms with Gasteiger partial charge in [-0.2, -0.15) is 0 Å². The molecule has 0 heterocycles. The Kier molecular flexibility index (Phi) is 4.33. The van der Waals surface area contributed by atoms with E-state index < -0.39 is 0 Å². The molecule has 0 spiro atoms. The zero-order valence-corrected chi connectivity index (χ0v) is 12.1. The molecule has 0 amide bonds. The molecule has 0 atom stereocenters. The minimum absolute atomic E-state index is 0.727. The number of rotatable bonds is 4. The smallest absolute Gasteiger partial charge is 0.0450 e. The number of nitrogens with zero attached hydrogens (tertiary/aromatic N) is 1. The van der Waals surface area contributed by atoms with Gasteiger partial charge in [-0.1, -0.05) is 29.8 Å². The van der Waals surface area contributed by atoms with Gasteiger partial charge in [0.25, 0.3) is 0 Å².